The van der Waals surface area contributed by atoms with Crippen LogP contribution in [0.5, 0.6) is 0 Å². The highest BCUT2D eigenvalue weighted by Crippen LogP contribution is 2.30. The van der Waals surface area contributed by atoms with E-state index >= 15 is 4.39 Å². The number of benzene rings is 1. The first-order chi connectivity index (χ1) is 13.6. The fourth-order valence-electron chi connectivity index (χ4n) is 2.96. The Bertz CT molecular complexity index is 730. The first kappa shape index (κ1) is 22.9. The van der Waals surface area contributed by atoms with Crippen LogP contribution in [0, 0.1) is 5.82 Å². The molecular weight excluding hydrogens is 381 g/mol. The summed E-state index contributed by atoms with van der Waals surface area (Å²) in [7, 11) is 0. The molecule has 1 aliphatic rings. The number of hydrogen-bond acceptors (Lipinski definition) is 6. The molecule has 2 rings (SSSR count). The van der Waals surface area contributed by atoms with E-state index in [0.29, 0.717) is 32.0 Å². The molecule has 0 bridgehead atoms. The topological polar surface area (TPSA) is 100 Å². The molecule has 0 aromatic heterocycles. The van der Waals surface area contributed by atoms with Crippen molar-refractivity contribution in [2.75, 3.05) is 43.1 Å². The minimum Gasteiger partial charge on any atom is -0.444 e. The van der Waals surface area contributed by atoms with Gasteiger partial charge in [-0.2, -0.15) is 0 Å². The summed E-state index contributed by atoms with van der Waals surface area (Å²) in [5, 5.41) is 15.3. The maximum absolute atomic E-state index is 15.4. The maximum atomic E-state index is 15.4. The Morgan fingerprint density at radius 2 is 1.97 bits per heavy atom. The second-order valence-electron chi connectivity index (χ2n) is 7.95. The molecule has 1 fully saturated rings. The van der Waals surface area contributed by atoms with E-state index in [2.05, 4.69) is 10.6 Å². The van der Waals surface area contributed by atoms with Crippen LogP contribution in [0.15, 0.2) is 12.1 Å². The molecule has 1 heterocycles. The molecule has 1 aliphatic heterocycles. The normalized spacial score (nSPS) is 15.6. The number of carbonyl (C=O) groups excluding carboxylic acids is 2. The van der Waals surface area contributed by atoms with E-state index in [9.17, 15) is 14.7 Å². The van der Waals surface area contributed by atoms with Crippen molar-refractivity contribution < 1.29 is 28.6 Å². The van der Waals surface area contributed by atoms with Crippen molar-refractivity contribution in [3.63, 3.8) is 0 Å². The van der Waals surface area contributed by atoms with E-state index < -0.39 is 23.6 Å². The van der Waals surface area contributed by atoms with E-state index in [-0.39, 0.29) is 30.1 Å². The number of nitrogens with zero attached hydrogens (tertiary/aromatic N) is 1. The van der Waals surface area contributed by atoms with Gasteiger partial charge in [0, 0.05) is 38.5 Å². The quantitative estimate of drug-likeness (QED) is 0.663. The number of amides is 2. The fraction of sp³-hybridized carbons (Fsp3) is 0.600. The second-order valence-corrected chi connectivity index (χ2v) is 7.95. The number of hydrogen-bond donors (Lipinski definition) is 3. The van der Waals surface area contributed by atoms with Crippen molar-refractivity contribution in [1.82, 2.24) is 5.32 Å². The number of aliphatic hydroxyl groups excluding tert-OH is 1. The molecule has 162 valence electrons. The van der Waals surface area contributed by atoms with E-state index in [1.807, 2.05) is 4.90 Å². The zero-order valence-electron chi connectivity index (χ0n) is 17.4. The van der Waals surface area contributed by atoms with Gasteiger partial charge in [0.05, 0.1) is 30.7 Å². The Labute approximate surface area is 170 Å². The highest BCUT2D eigenvalue weighted by Gasteiger charge is 2.24. The lowest BCUT2D eigenvalue weighted by Crippen LogP contribution is -2.37. The lowest BCUT2D eigenvalue weighted by atomic mass is 10.0. The number of nitrogens with one attached hydrogen (secondary N) is 2. The summed E-state index contributed by atoms with van der Waals surface area (Å²) in [6.45, 7) is 8.58. The summed E-state index contributed by atoms with van der Waals surface area (Å²) in [5.74, 6) is -0.818. The van der Waals surface area contributed by atoms with Crippen molar-refractivity contribution in [3.8, 4) is 0 Å². The third kappa shape index (κ3) is 7.17. The first-order valence-electron chi connectivity index (χ1n) is 9.63. The Kier molecular flexibility index (Phi) is 7.80. The molecule has 1 atom stereocenters. The third-order valence-electron chi connectivity index (χ3n) is 4.24. The Hall–Kier alpha value is -2.39. The summed E-state index contributed by atoms with van der Waals surface area (Å²) in [4.78, 5) is 25.1. The van der Waals surface area contributed by atoms with Gasteiger partial charge in [-0.3, -0.25) is 10.1 Å². The number of rotatable bonds is 6. The van der Waals surface area contributed by atoms with Gasteiger partial charge in [0.25, 0.3) is 0 Å². The van der Waals surface area contributed by atoms with E-state index in [4.69, 9.17) is 9.47 Å². The van der Waals surface area contributed by atoms with Gasteiger partial charge in [-0.25, -0.2) is 9.18 Å². The molecule has 0 aliphatic carbocycles. The van der Waals surface area contributed by atoms with Gasteiger partial charge < -0.3 is 24.8 Å². The molecule has 3 N–H and O–H groups in total. The van der Waals surface area contributed by atoms with Crippen LogP contribution in [0.25, 0.3) is 0 Å². The van der Waals surface area contributed by atoms with Crippen LogP contribution >= 0.6 is 0 Å². The molecular formula is C20H30FN3O5. The number of aliphatic hydroxyl groups is 1. The van der Waals surface area contributed by atoms with Gasteiger partial charge >= 0.3 is 6.09 Å². The first-order valence-corrected chi connectivity index (χ1v) is 9.63. The molecule has 1 aromatic rings. The summed E-state index contributed by atoms with van der Waals surface area (Å²) >= 11 is 0. The minimum absolute atomic E-state index is 0.0254. The minimum atomic E-state index is -1.02. The third-order valence-corrected chi connectivity index (χ3v) is 4.24. The lowest BCUT2D eigenvalue weighted by molar-refractivity contribution is -0.119. The second kappa shape index (κ2) is 9.89. The molecule has 0 radical (unpaired) electrons. The van der Waals surface area contributed by atoms with E-state index in [0.717, 1.165) is 0 Å². The van der Waals surface area contributed by atoms with Crippen molar-refractivity contribution in [2.45, 2.75) is 45.8 Å². The number of carbonyl (C=O) groups is 2. The molecule has 29 heavy (non-hydrogen) atoms. The van der Waals surface area contributed by atoms with Gasteiger partial charge in [0.15, 0.2) is 5.82 Å². The molecule has 8 nitrogen and oxygen atoms in total. The Morgan fingerprint density at radius 1 is 1.31 bits per heavy atom. The molecule has 2 amide bonds. The van der Waals surface area contributed by atoms with Crippen molar-refractivity contribution in [2.24, 2.45) is 0 Å². The smallest absolute Gasteiger partial charge is 0.412 e. The van der Waals surface area contributed by atoms with Crippen molar-refractivity contribution in [1.29, 1.82) is 0 Å². The predicted molar refractivity (Wildman–Crippen MR) is 108 cm³/mol. The molecule has 1 aromatic carbocycles. The maximum Gasteiger partial charge on any atom is 0.412 e. The van der Waals surface area contributed by atoms with Crippen LogP contribution in [0.3, 0.4) is 0 Å². The van der Waals surface area contributed by atoms with Crippen molar-refractivity contribution >= 4 is 23.4 Å². The van der Waals surface area contributed by atoms with Gasteiger partial charge in [0.1, 0.15) is 5.60 Å². The van der Waals surface area contributed by atoms with E-state index in [1.54, 1.807) is 32.9 Å². The summed E-state index contributed by atoms with van der Waals surface area (Å²) in [6, 6.07) is 3.19. The van der Waals surface area contributed by atoms with Gasteiger partial charge in [0.2, 0.25) is 5.91 Å². The molecule has 0 spiro atoms. The molecule has 1 unspecified atom stereocenters. The van der Waals surface area contributed by atoms with Gasteiger partial charge in [-0.1, -0.05) is 0 Å². The summed E-state index contributed by atoms with van der Waals surface area (Å²) in [5.41, 5.74) is 0.0414. The van der Waals surface area contributed by atoms with Crippen LogP contribution < -0.4 is 15.5 Å². The van der Waals surface area contributed by atoms with Crippen molar-refractivity contribution in [3.05, 3.63) is 23.5 Å². The highest BCUT2D eigenvalue weighted by molar-refractivity contribution is 5.86. The SMILES string of the molecule is CC(=O)NCC(O)Cc1c(NC(=O)OC(C)(C)C)ccc(N2CCOCC2)c1F. The number of anilines is 2. The number of morpholine rings is 1. The molecule has 1 saturated heterocycles. The van der Waals surface area contributed by atoms with Gasteiger partial charge in [-0.15, -0.1) is 0 Å². The molecule has 9 heteroatoms. The summed E-state index contributed by atoms with van der Waals surface area (Å²) in [6.07, 6.45) is -1.82. The standard InChI is InChI=1S/C20H30FN3O5/c1-13(25)22-12-14(26)11-15-16(23-19(27)29-20(2,3)4)5-6-17(18(15)21)24-7-9-28-10-8-24/h5-6,14,26H,7-12H2,1-4H3,(H,22,25)(H,23,27). The Morgan fingerprint density at radius 3 is 2.55 bits per heavy atom. The van der Waals surface area contributed by atoms with Gasteiger partial charge in [-0.05, 0) is 32.9 Å². The average Bonchev–Trinajstić information content (AvgIpc) is 2.62. The zero-order valence-corrected chi connectivity index (χ0v) is 17.4. The number of ether oxygens (including phenoxy) is 2. The van der Waals surface area contributed by atoms with Crippen LogP contribution in [-0.4, -0.2) is 61.7 Å². The predicted octanol–water partition coefficient (Wildman–Crippen LogP) is 2.05. The van der Waals surface area contributed by atoms with Crippen LogP contribution in [0.4, 0.5) is 20.6 Å². The monoisotopic (exact) mass is 411 g/mol. The average molecular weight is 411 g/mol. The Balaban J connectivity index is 2.29. The number of halogens is 1. The lowest BCUT2D eigenvalue weighted by Gasteiger charge is -2.30. The van der Waals surface area contributed by atoms with E-state index in [1.165, 1.54) is 6.92 Å². The molecule has 0 saturated carbocycles. The fourth-order valence-corrected chi connectivity index (χ4v) is 2.96. The summed E-state index contributed by atoms with van der Waals surface area (Å²) < 4.78 is 26.0. The van der Waals surface area contributed by atoms with Crippen LogP contribution in [0.2, 0.25) is 0 Å². The zero-order chi connectivity index (χ0) is 21.6. The largest absolute Gasteiger partial charge is 0.444 e. The highest BCUT2D eigenvalue weighted by atomic mass is 19.1. The van der Waals surface area contributed by atoms with Crippen LogP contribution in [-0.2, 0) is 20.7 Å². The van der Waals surface area contributed by atoms with Crippen LogP contribution in [0.1, 0.15) is 33.3 Å².